The van der Waals surface area contributed by atoms with Gasteiger partial charge in [-0.2, -0.15) is 0 Å². The third-order valence-corrected chi connectivity index (χ3v) is 1.58. The first-order valence-electron chi connectivity index (χ1n) is 3.80. The van der Waals surface area contributed by atoms with Gasteiger partial charge in [0.15, 0.2) is 11.9 Å². The first-order chi connectivity index (χ1) is 6.81. The number of aliphatic hydroxyl groups is 1. The Balaban J connectivity index is 0.000000461. The standard InChI is InChI=1S/C7H4BN3O.CH4O/c8-6-1-5(3-12)2-11-4-9-10-7(6)11;1-2/h1-4H;2H,1H3. The average Bonchev–Trinajstić information content (AvgIpc) is 2.69. The van der Waals surface area contributed by atoms with Crippen LogP contribution in [0.1, 0.15) is 10.4 Å². The molecule has 2 radical (unpaired) electrons. The Hall–Kier alpha value is -1.69. The molecule has 0 aliphatic rings. The van der Waals surface area contributed by atoms with Crippen molar-refractivity contribution in [3.8, 4) is 0 Å². The second-order valence-corrected chi connectivity index (χ2v) is 2.41. The minimum Gasteiger partial charge on any atom is -0.400 e. The fourth-order valence-corrected chi connectivity index (χ4v) is 1.05. The van der Waals surface area contributed by atoms with E-state index in [0.29, 0.717) is 16.7 Å². The number of hydrogen-bond acceptors (Lipinski definition) is 4. The molecule has 0 atom stereocenters. The molecular formula is C8H8BN3O2. The summed E-state index contributed by atoms with van der Waals surface area (Å²) in [5.74, 6) is 0. The molecule has 2 aromatic heterocycles. The zero-order valence-corrected chi connectivity index (χ0v) is 7.58. The van der Waals surface area contributed by atoms with E-state index in [2.05, 4.69) is 10.2 Å². The number of rotatable bonds is 1. The highest BCUT2D eigenvalue weighted by Crippen LogP contribution is 1.97. The van der Waals surface area contributed by atoms with Crippen molar-refractivity contribution < 1.29 is 9.90 Å². The molecule has 0 aliphatic carbocycles. The van der Waals surface area contributed by atoms with Crippen LogP contribution in [0, 0.1) is 0 Å². The number of aromatic nitrogens is 3. The number of fused-ring (bicyclic) bond motifs is 1. The topological polar surface area (TPSA) is 67.5 Å². The number of nitrogens with zero attached hydrogens (tertiary/aromatic N) is 3. The summed E-state index contributed by atoms with van der Waals surface area (Å²) >= 11 is 0. The summed E-state index contributed by atoms with van der Waals surface area (Å²) in [6, 6.07) is 1.57. The summed E-state index contributed by atoms with van der Waals surface area (Å²) in [4.78, 5) is 10.4. The molecule has 0 unspecified atom stereocenters. The van der Waals surface area contributed by atoms with Crippen molar-refractivity contribution in [3.05, 3.63) is 24.2 Å². The molecule has 0 spiro atoms. The van der Waals surface area contributed by atoms with Crippen LogP contribution in [0.25, 0.3) is 5.65 Å². The maximum Gasteiger partial charge on any atom is 0.153 e. The van der Waals surface area contributed by atoms with Crippen molar-refractivity contribution in [3.63, 3.8) is 0 Å². The quantitative estimate of drug-likeness (QED) is 0.458. The third kappa shape index (κ3) is 1.80. The van der Waals surface area contributed by atoms with Gasteiger partial charge in [-0.25, -0.2) is 0 Å². The number of pyridine rings is 1. The number of carbonyl (C=O) groups excluding carboxylic acids is 1. The minimum absolute atomic E-state index is 0.456. The first-order valence-corrected chi connectivity index (χ1v) is 3.80. The van der Waals surface area contributed by atoms with Gasteiger partial charge in [0.25, 0.3) is 0 Å². The molecule has 0 aliphatic heterocycles. The van der Waals surface area contributed by atoms with Crippen LogP contribution in [-0.4, -0.2) is 40.9 Å². The normalized spacial score (nSPS) is 9.29. The smallest absolute Gasteiger partial charge is 0.153 e. The summed E-state index contributed by atoms with van der Waals surface area (Å²) in [7, 11) is 6.59. The number of carbonyl (C=O) groups is 1. The Labute approximate surface area is 81.8 Å². The monoisotopic (exact) mass is 189 g/mol. The third-order valence-electron chi connectivity index (χ3n) is 1.58. The molecule has 0 amide bonds. The van der Waals surface area contributed by atoms with Crippen LogP contribution in [0.4, 0.5) is 0 Å². The summed E-state index contributed by atoms with van der Waals surface area (Å²) in [5.41, 5.74) is 1.54. The van der Waals surface area contributed by atoms with E-state index in [1.165, 1.54) is 6.33 Å². The van der Waals surface area contributed by atoms with E-state index in [1.807, 2.05) is 0 Å². The van der Waals surface area contributed by atoms with Crippen molar-refractivity contribution in [1.29, 1.82) is 0 Å². The van der Waals surface area contributed by atoms with Crippen LogP contribution in [0.5, 0.6) is 0 Å². The largest absolute Gasteiger partial charge is 0.400 e. The second kappa shape index (κ2) is 4.52. The fraction of sp³-hybridized carbons (Fsp3) is 0.125. The average molecular weight is 189 g/mol. The molecule has 0 saturated heterocycles. The van der Waals surface area contributed by atoms with Crippen LogP contribution in [0.15, 0.2) is 18.6 Å². The summed E-state index contributed by atoms with van der Waals surface area (Å²) in [6.45, 7) is 0. The molecule has 6 heteroatoms. The van der Waals surface area contributed by atoms with Crippen LogP contribution < -0.4 is 5.46 Å². The highest BCUT2D eigenvalue weighted by Gasteiger charge is 2.00. The highest BCUT2D eigenvalue weighted by molar-refractivity contribution is 6.36. The zero-order valence-electron chi connectivity index (χ0n) is 7.58. The van der Waals surface area contributed by atoms with Gasteiger partial charge in [0.1, 0.15) is 14.2 Å². The number of aliphatic hydroxyl groups excluding tert-OH is 1. The van der Waals surface area contributed by atoms with Gasteiger partial charge < -0.3 is 5.11 Å². The fourth-order valence-electron chi connectivity index (χ4n) is 1.05. The van der Waals surface area contributed by atoms with E-state index in [4.69, 9.17) is 13.0 Å². The molecule has 2 aromatic rings. The van der Waals surface area contributed by atoms with Gasteiger partial charge >= 0.3 is 0 Å². The van der Waals surface area contributed by atoms with E-state index in [1.54, 1.807) is 16.7 Å². The zero-order chi connectivity index (χ0) is 10.6. The highest BCUT2D eigenvalue weighted by atomic mass is 16.2. The van der Waals surface area contributed by atoms with Crippen LogP contribution in [0.3, 0.4) is 0 Å². The molecule has 0 fully saturated rings. The van der Waals surface area contributed by atoms with Gasteiger partial charge in [0, 0.05) is 18.9 Å². The van der Waals surface area contributed by atoms with Crippen LogP contribution in [0.2, 0.25) is 0 Å². The Bertz CT molecular complexity index is 441. The molecule has 1 N–H and O–H groups in total. The van der Waals surface area contributed by atoms with E-state index >= 15 is 0 Å². The Morgan fingerprint density at radius 3 is 2.93 bits per heavy atom. The molecule has 2 heterocycles. The Kier molecular flexibility index (Phi) is 3.36. The second-order valence-electron chi connectivity index (χ2n) is 2.41. The van der Waals surface area contributed by atoms with E-state index < -0.39 is 0 Å². The van der Waals surface area contributed by atoms with Crippen LogP contribution in [-0.2, 0) is 0 Å². The SMILES string of the molecule is CO.[B]c1cc(C=O)cn2cnnc12. The van der Waals surface area contributed by atoms with Crippen molar-refractivity contribution in [2.45, 2.75) is 0 Å². The van der Waals surface area contributed by atoms with E-state index in [-0.39, 0.29) is 0 Å². The van der Waals surface area contributed by atoms with E-state index in [0.717, 1.165) is 13.4 Å². The molecule has 0 aromatic carbocycles. The van der Waals surface area contributed by atoms with Crippen molar-refractivity contribution >= 4 is 25.2 Å². The van der Waals surface area contributed by atoms with Gasteiger partial charge in [0.2, 0.25) is 0 Å². The lowest BCUT2D eigenvalue weighted by Gasteiger charge is -1.97. The van der Waals surface area contributed by atoms with Gasteiger partial charge in [0.05, 0.1) is 0 Å². The van der Waals surface area contributed by atoms with Gasteiger partial charge in [-0.1, -0.05) is 11.5 Å². The van der Waals surface area contributed by atoms with Crippen molar-refractivity contribution in [2.75, 3.05) is 7.11 Å². The molecular weight excluding hydrogens is 181 g/mol. The predicted octanol–water partition coefficient (Wildman–Crippen LogP) is -1.06. The molecule has 5 nitrogen and oxygen atoms in total. The van der Waals surface area contributed by atoms with Gasteiger partial charge in [-0.3, -0.25) is 9.20 Å². The van der Waals surface area contributed by atoms with Crippen molar-refractivity contribution in [1.82, 2.24) is 14.6 Å². The summed E-state index contributed by atoms with van der Waals surface area (Å²) in [6.07, 6.45) is 3.85. The Morgan fingerprint density at radius 1 is 1.57 bits per heavy atom. The van der Waals surface area contributed by atoms with Crippen LogP contribution >= 0.6 is 0 Å². The van der Waals surface area contributed by atoms with Crippen molar-refractivity contribution in [2.24, 2.45) is 0 Å². The lowest BCUT2D eigenvalue weighted by atomic mass is 9.96. The number of hydrogen-bond donors (Lipinski definition) is 1. The lowest BCUT2D eigenvalue weighted by molar-refractivity contribution is 0.112. The van der Waals surface area contributed by atoms with Gasteiger partial charge in [-0.05, 0) is 0 Å². The maximum atomic E-state index is 10.4. The summed E-state index contributed by atoms with van der Waals surface area (Å²) < 4.78 is 1.61. The van der Waals surface area contributed by atoms with E-state index in [9.17, 15) is 4.79 Å². The molecule has 0 bridgehead atoms. The molecule has 14 heavy (non-hydrogen) atoms. The molecule has 2 rings (SSSR count). The maximum absolute atomic E-state index is 10.4. The minimum atomic E-state index is 0.456. The molecule has 0 saturated carbocycles. The Morgan fingerprint density at radius 2 is 2.29 bits per heavy atom. The lowest BCUT2D eigenvalue weighted by Crippen LogP contribution is -2.09. The predicted molar refractivity (Wildman–Crippen MR) is 51.9 cm³/mol. The first kappa shape index (κ1) is 10.4. The number of aldehydes is 1. The molecule has 70 valence electrons. The summed E-state index contributed by atoms with van der Waals surface area (Å²) in [5, 5.41) is 14.4. The van der Waals surface area contributed by atoms with Gasteiger partial charge in [-0.15, -0.1) is 10.2 Å².